The van der Waals surface area contributed by atoms with Crippen LogP contribution in [0.25, 0.3) is 0 Å². The van der Waals surface area contributed by atoms with Crippen molar-refractivity contribution in [3.8, 4) is 0 Å². The van der Waals surface area contributed by atoms with E-state index in [2.05, 4.69) is 0 Å². The minimum Gasteiger partial charge on any atom is -0.544 e. The van der Waals surface area contributed by atoms with Gasteiger partial charge in [0.05, 0.1) is 36.6 Å². The predicted molar refractivity (Wildman–Crippen MR) is 151 cm³/mol. The van der Waals surface area contributed by atoms with Crippen LogP contribution >= 0.6 is 0 Å². The number of hydrogen-bond acceptors (Lipinski definition) is 12. The molecule has 0 heterocycles. The molecule has 0 N–H and O–H groups in total. The molecule has 13 heteroatoms. The molecule has 12 nitrogen and oxygen atoms in total. The normalized spacial score (nSPS) is 13.7. The zero-order valence-electron chi connectivity index (χ0n) is 28.4. The third-order valence-corrected chi connectivity index (χ3v) is 4.99. The monoisotopic (exact) mass is 654 g/mol. The van der Waals surface area contributed by atoms with Gasteiger partial charge in [-0.05, 0) is 95.9 Å². The van der Waals surface area contributed by atoms with Gasteiger partial charge in [-0.1, -0.05) is 13.8 Å². The molecule has 0 amide bonds. The van der Waals surface area contributed by atoms with Crippen LogP contribution < -0.4 is 10.2 Å². The first kappa shape index (κ1) is 46.2. The molecule has 250 valence electrons. The van der Waals surface area contributed by atoms with Gasteiger partial charge in [-0.2, -0.15) is 0 Å². The molecule has 0 saturated carbocycles. The van der Waals surface area contributed by atoms with Crippen molar-refractivity contribution in [1.82, 2.24) is 0 Å². The Bertz CT molecular complexity index is 751. The van der Waals surface area contributed by atoms with Crippen LogP contribution in [0.15, 0.2) is 0 Å². The summed E-state index contributed by atoms with van der Waals surface area (Å²) in [4.78, 5) is 48.5. The fourth-order valence-electron chi connectivity index (χ4n) is 3.78. The summed E-state index contributed by atoms with van der Waals surface area (Å²) in [5.41, 5.74) is 0. The van der Waals surface area contributed by atoms with Gasteiger partial charge in [-0.25, -0.2) is 0 Å². The van der Waals surface area contributed by atoms with Gasteiger partial charge in [0.25, 0.3) is 11.6 Å². The molecule has 0 aliphatic heterocycles. The van der Waals surface area contributed by atoms with E-state index in [0.717, 1.165) is 0 Å². The number of hydrogen-bond donors (Lipinski definition) is 0. The summed E-state index contributed by atoms with van der Waals surface area (Å²) in [7, 11) is 0. The summed E-state index contributed by atoms with van der Waals surface area (Å²) < 4.78 is 32.3. The SMILES string of the molecule is CCC(OC(C)C)C(=O)C(OC(C)C)(OC(C)C)C(=O)[O-].CCC(OC(C)C)C(=O)C(OC(C)C)(OC(C)C)C(=O)[O-].[Ti+2]. The molecular weight excluding hydrogens is 600 g/mol. The number of carbonyl (C=O) groups excluding carboxylic acids is 4. The fraction of sp³-hybridized carbons (Fsp3) is 0.867. The van der Waals surface area contributed by atoms with Gasteiger partial charge in [0.15, 0.2) is 0 Å². The van der Waals surface area contributed by atoms with Crippen LogP contribution in [-0.4, -0.2) is 83.9 Å². The molecule has 0 aromatic rings. The van der Waals surface area contributed by atoms with Gasteiger partial charge in [-0.15, -0.1) is 0 Å². The summed E-state index contributed by atoms with van der Waals surface area (Å²) in [5.74, 6) is -9.86. The molecule has 0 spiro atoms. The van der Waals surface area contributed by atoms with Crippen LogP contribution in [-0.2, 0) is 69.3 Å². The largest absolute Gasteiger partial charge is 2.00 e. The first-order valence-electron chi connectivity index (χ1n) is 14.7. The minimum absolute atomic E-state index is 0. The Morgan fingerprint density at radius 2 is 0.698 bits per heavy atom. The van der Waals surface area contributed by atoms with E-state index in [1.165, 1.54) is 0 Å². The number of aliphatic carboxylic acids is 2. The van der Waals surface area contributed by atoms with Crippen molar-refractivity contribution in [3.63, 3.8) is 0 Å². The maximum atomic E-state index is 12.6. The van der Waals surface area contributed by atoms with E-state index in [0.29, 0.717) is 12.8 Å². The van der Waals surface area contributed by atoms with Gasteiger partial charge in [0.2, 0.25) is 11.6 Å². The van der Waals surface area contributed by atoms with Crippen molar-refractivity contribution in [2.75, 3.05) is 0 Å². The van der Waals surface area contributed by atoms with Gasteiger partial charge >= 0.3 is 21.7 Å². The van der Waals surface area contributed by atoms with E-state index >= 15 is 0 Å². The van der Waals surface area contributed by atoms with Crippen molar-refractivity contribution in [2.45, 2.75) is 170 Å². The molecule has 0 fully saturated rings. The maximum absolute atomic E-state index is 12.6. The second-order valence-electron chi connectivity index (χ2n) is 11.4. The van der Waals surface area contributed by atoms with Crippen molar-refractivity contribution in [3.05, 3.63) is 0 Å². The Kier molecular flexibility index (Phi) is 23.1. The fourth-order valence-corrected chi connectivity index (χ4v) is 3.78. The Balaban J connectivity index is -0.000000727. The average Bonchev–Trinajstić information content (AvgIpc) is 2.82. The van der Waals surface area contributed by atoms with Crippen LogP contribution in [0.3, 0.4) is 0 Å². The second kappa shape index (κ2) is 21.5. The maximum Gasteiger partial charge on any atom is 2.00 e. The summed E-state index contributed by atoms with van der Waals surface area (Å²) in [6.07, 6.45) is -3.79. The average molecular weight is 655 g/mol. The number of carbonyl (C=O) groups is 4. The molecule has 43 heavy (non-hydrogen) atoms. The first-order valence-corrected chi connectivity index (χ1v) is 14.7. The summed E-state index contributed by atoms with van der Waals surface area (Å²) in [6.45, 7) is 23.5. The number of carboxylic acids is 2. The molecule has 0 aliphatic rings. The van der Waals surface area contributed by atoms with E-state index in [1.54, 1.807) is 96.9 Å². The standard InChI is InChI=1S/2C15H28O6.Ti/c2*1-8-12(19-9(2)3)13(16)15(14(17)18,20-10(4)5)21-11(6)7;/h2*9-12H,8H2,1-7H3,(H,17,18);/q;;+2/p-2. The third kappa shape index (κ3) is 15.5. The quantitative estimate of drug-likeness (QED) is 0.107. The molecular formula is C30H54O12Ti. The van der Waals surface area contributed by atoms with E-state index in [1.807, 2.05) is 0 Å². The van der Waals surface area contributed by atoms with Gasteiger partial charge in [0, 0.05) is 0 Å². The molecule has 0 saturated heterocycles. The Morgan fingerprint density at radius 1 is 0.488 bits per heavy atom. The zero-order chi connectivity index (χ0) is 33.6. The van der Waals surface area contributed by atoms with Crippen LogP contribution in [0.5, 0.6) is 0 Å². The van der Waals surface area contributed by atoms with Gasteiger partial charge in [-0.3, -0.25) is 9.59 Å². The summed E-state index contributed by atoms with van der Waals surface area (Å²) >= 11 is 0. The molecule has 0 aromatic heterocycles. The Hall–Kier alpha value is -1.25. The Labute approximate surface area is 272 Å². The van der Waals surface area contributed by atoms with Crippen LogP contribution in [0, 0.1) is 0 Å². The van der Waals surface area contributed by atoms with Crippen molar-refractivity contribution in [2.24, 2.45) is 0 Å². The first-order chi connectivity index (χ1) is 19.1. The number of rotatable bonds is 20. The predicted octanol–water partition coefficient (Wildman–Crippen LogP) is 2.11. The molecule has 0 aliphatic carbocycles. The van der Waals surface area contributed by atoms with Crippen LogP contribution in [0.1, 0.15) is 110 Å². The van der Waals surface area contributed by atoms with Crippen LogP contribution in [0.2, 0.25) is 0 Å². The number of Topliss-reactive ketones (excluding diaryl/α,β-unsaturated/α-hetero) is 2. The van der Waals surface area contributed by atoms with E-state index in [4.69, 9.17) is 28.4 Å². The number of ketones is 2. The van der Waals surface area contributed by atoms with E-state index in [-0.39, 0.29) is 33.9 Å². The Morgan fingerprint density at radius 3 is 0.814 bits per heavy atom. The molecule has 0 radical (unpaired) electrons. The van der Waals surface area contributed by atoms with Crippen LogP contribution in [0.4, 0.5) is 0 Å². The molecule has 2 atom stereocenters. The van der Waals surface area contributed by atoms with Gasteiger partial charge in [0.1, 0.15) is 24.1 Å². The van der Waals surface area contributed by atoms with E-state index < -0.39 is 71.7 Å². The van der Waals surface area contributed by atoms with Gasteiger partial charge < -0.3 is 48.2 Å². The molecule has 0 aromatic carbocycles. The van der Waals surface area contributed by atoms with Crippen molar-refractivity contribution in [1.29, 1.82) is 0 Å². The second-order valence-corrected chi connectivity index (χ2v) is 11.4. The number of carboxylic acid groups (broad SMARTS) is 2. The third-order valence-electron chi connectivity index (χ3n) is 4.99. The smallest absolute Gasteiger partial charge is 0.544 e. The summed E-state index contributed by atoms with van der Waals surface area (Å²) in [6, 6.07) is 0. The van der Waals surface area contributed by atoms with Crippen molar-refractivity contribution < 1.29 is 79.5 Å². The molecule has 0 rings (SSSR count). The molecule has 0 bridgehead atoms. The number of ether oxygens (including phenoxy) is 6. The molecule has 2 unspecified atom stereocenters. The van der Waals surface area contributed by atoms with E-state index in [9.17, 15) is 29.4 Å². The topological polar surface area (TPSA) is 170 Å². The summed E-state index contributed by atoms with van der Waals surface area (Å²) in [5, 5.41) is 23.2. The minimum atomic E-state index is -2.45. The zero-order valence-corrected chi connectivity index (χ0v) is 30.0. The van der Waals surface area contributed by atoms with Crippen molar-refractivity contribution >= 4 is 23.5 Å².